The summed E-state index contributed by atoms with van der Waals surface area (Å²) in [6.45, 7) is 7.06. The van der Waals surface area contributed by atoms with E-state index in [-0.39, 0.29) is 8.80 Å². The number of aryl methyl sites for hydroxylation is 1. The molecule has 1 aromatic rings. The minimum absolute atomic E-state index is 0.299. The Morgan fingerprint density at radius 1 is 0.941 bits per heavy atom. The monoisotopic (exact) mass is 247 g/mol. The Morgan fingerprint density at radius 3 is 2.35 bits per heavy atom. The highest BCUT2D eigenvalue weighted by Gasteiger charge is 2.11. The highest BCUT2D eigenvalue weighted by Crippen LogP contribution is 2.09. The maximum absolute atomic E-state index is 2.49. The summed E-state index contributed by atoms with van der Waals surface area (Å²) < 4.78 is 0. The van der Waals surface area contributed by atoms with Gasteiger partial charge in [0, 0.05) is 0 Å². The van der Waals surface area contributed by atoms with Crippen LogP contribution >= 0.6 is 0 Å². The molecule has 1 aromatic carbocycles. The smallest absolute Gasteiger partial charge is 0.0669 e. The van der Waals surface area contributed by atoms with Crippen LogP contribution in [0, 0.1) is 0 Å². The Morgan fingerprint density at radius 2 is 1.65 bits per heavy atom. The number of hydrogen-bond acceptors (Lipinski definition) is 0. The van der Waals surface area contributed by atoms with Crippen molar-refractivity contribution in [2.75, 3.05) is 0 Å². The van der Waals surface area contributed by atoms with Crippen molar-refractivity contribution in [3.8, 4) is 0 Å². The standard InChI is InChI=1S/C16H27Si/c1-4-6-10-14-17(3)16-13-9-8-12-15(16)11-7-5-2/h8-9,12-13H,4-7,10-11,14H2,1-3H3. The van der Waals surface area contributed by atoms with Gasteiger partial charge >= 0.3 is 0 Å². The molecule has 1 heteroatoms. The van der Waals surface area contributed by atoms with E-state index in [9.17, 15) is 0 Å². The van der Waals surface area contributed by atoms with Crippen molar-refractivity contribution in [1.82, 2.24) is 0 Å². The van der Waals surface area contributed by atoms with Crippen LogP contribution in [0.4, 0.5) is 0 Å². The van der Waals surface area contributed by atoms with Crippen LogP contribution < -0.4 is 5.19 Å². The van der Waals surface area contributed by atoms with Crippen LogP contribution in [-0.4, -0.2) is 8.80 Å². The molecule has 95 valence electrons. The second-order valence-corrected chi connectivity index (χ2v) is 7.60. The minimum Gasteiger partial charge on any atom is -0.0669 e. The molecule has 0 amide bonds. The molecule has 1 radical (unpaired) electrons. The summed E-state index contributed by atoms with van der Waals surface area (Å²) in [4.78, 5) is 0. The molecule has 0 aromatic heterocycles. The van der Waals surface area contributed by atoms with E-state index in [2.05, 4.69) is 44.7 Å². The maximum atomic E-state index is 2.49. The van der Waals surface area contributed by atoms with Gasteiger partial charge in [-0.15, -0.1) is 0 Å². The lowest BCUT2D eigenvalue weighted by molar-refractivity contribution is 0.766. The Bertz CT molecular complexity index is 306. The van der Waals surface area contributed by atoms with Crippen molar-refractivity contribution in [2.45, 2.75) is 65.0 Å². The Balaban J connectivity index is 2.60. The second-order valence-electron chi connectivity index (χ2n) is 5.00. The molecule has 0 unspecified atom stereocenters. The van der Waals surface area contributed by atoms with E-state index in [1.807, 2.05) is 0 Å². The highest BCUT2D eigenvalue weighted by atomic mass is 28.3. The first-order chi connectivity index (χ1) is 8.29. The molecular formula is C16H27Si. The van der Waals surface area contributed by atoms with E-state index in [1.54, 1.807) is 10.8 Å². The van der Waals surface area contributed by atoms with E-state index >= 15 is 0 Å². The third kappa shape index (κ3) is 5.07. The van der Waals surface area contributed by atoms with E-state index in [4.69, 9.17) is 0 Å². The summed E-state index contributed by atoms with van der Waals surface area (Å²) in [5.74, 6) is 0. The highest BCUT2D eigenvalue weighted by molar-refractivity contribution is 6.72. The predicted molar refractivity (Wildman–Crippen MR) is 80.6 cm³/mol. The van der Waals surface area contributed by atoms with Crippen LogP contribution in [0.25, 0.3) is 0 Å². The fourth-order valence-electron chi connectivity index (χ4n) is 2.30. The van der Waals surface area contributed by atoms with Crippen molar-refractivity contribution in [1.29, 1.82) is 0 Å². The van der Waals surface area contributed by atoms with Gasteiger partial charge in [0.2, 0.25) is 0 Å². The zero-order chi connectivity index (χ0) is 12.5. The van der Waals surface area contributed by atoms with E-state index in [1.165, 1.54) is 44.6 Å². The van der Waals surface area contributed by atoms with Crippen LogP contribution in [0.2, 0.25) is 12.6 Å². The van der Waals surface area contributed by atoms with Gasteiger partial charge in [0.1, 0.15) is 0 Å². The fraction of sp³-hybridized carbons (Fsp3) is 0.625. The zero-order valence-electron chi connectivity index (χ0n) is 11.8. The number of unbranched alkanes of at least 4 members (excludes halogenated alkanes) is 3. The van der Waals surface area contributed by atoms with Crippen molar-refractivity contribution < 1.29 is 0 Å². The van der Waals surface area contributed by atoms with Crippen LogP contribution in [0.5, 0.6) is 0 Å². The van der Waals surface area contributed by atoms with Crippen molar-refractivity contribution in [3.63, 3.8) is 0 Å². The topological polar surface area (TPSA) is 0 Å². The lowest BCUT2D eigenvalue weighted by Crippen LogP contribution is -2.29. The van der Waals surface area contributed by atoms with Gasteiger partial charge in [0.05, 0.1) is 8.80 Å². The summed E-state index contributed by atoms with van der Waals surface area (Å²) >= 11 is 0. The van der Waals surface area contributed by atoms with Crippen LogP contribution in [0.1, 0.15) is 51.5 Å². The second kappa shape index (κ2) is 8.52. The average molecular weight is 247 g/mol. The molecule has 0 bridgehead atoms. The number of hydrogen-bond donors (Lipinski definition) is 0. The SMILES string of the molecule is CCCCC[Si](C)c1ccccc1CCCC. The Kier molecular flexibility index (Phi) is 7.26. The zero-order valence-corrected chi connectivity index (χ0v) is 12.8. The molecule has 0 N–H and O–H groups in total. The van der Waals surface area contributed by atoms with Gasteiger partial charge in [-0.3, -0.25) is 0 Å². The molecule has 0 fully saturated rings. The quantitative estimate of drug-likeness (QED) is 0.467. The fourth-order valence-corrected chi connectivity index (χ4v) is 4.48. The lowest BCUT2D eigenvalue weighted by atomic mass is 10.1. The van der Waals surface area contributed by atoms with Crippen molar-refractivity contribution >= 4 is 14.0 Å². The lowest BCUT2D eigenvalue weighted by Gasteiger charge is -2.14. The Hall–Kier alpha value is -0.563. The molecule has 0 aliphatic heterocycles. The van der Waals surface area contributed by atoms with Gasteiger partial charge < -0.3 is 0 Å². The molecule has 17 heavy (non-hydrogen) atoms. The molecule has 0 saturated carbocycles. The largest absolute Gasteiger partial charge is 0.0827 e. The maximum Gasteiger partial charge on any atom is 0.0827 e. The summed E-state index contributed by atoms with van der Waals surface area (Å²) in [5, 5.41) is 1.70. The van der Waals surface area contributed by atoms with Gasteiger partial charge in [-0.1, -0.05) is 81.6 Å². The summed E-state index contributed by atoms with van der Waals surface area (Å²) in [6, 6.07) is 10.6. The van der Waals surface area contributed by atoms with Gasteiger partial charge in [0.15, 0.2) is 0 Å². The Labute approximate surface area is 109 Å². The first-order valence-electron chi connectivity index (χ1n) is 7.20. The van der Waals surface area contributed by atoms with Crippen molar-refractivity contribution in [3.05, 3.63) is 29.8 Å². The molecule has 0 saturated heterocycles. The first-order valence-corrected chi connectivity index (χ1v) is 9.41. The van der Waals surface area contributed by atoms with E-state index < -0.39 is 0 Å². The number of benzene rings is 1. The molecule has 0 aliphatic rings. The van der Waals surface area contributed by atoms with Gasteiger partial charge in [-0.2, -0.15) is 0 Å². The van der Waals surface area contributed by atoms with E-state index in [0.29, 0.717) is 0 Å². The van der Waals surface area contributed by atoms with E-state index in [0.717, 1.165) is 0 Å². The van der Waals surface area contributed by atoms with Crippen LogP contribution in [0.3, 0.4) is 0 Å². The molecular weight excluding hydrogens is 220 g/mol. The minimum atomic E-state index is -0.299. The van der Waals surface area contributed by atoms with Gasteiger partial charge in [0.25, 0.3) is 0 Å². The molecule has 0 spiro atoms. The van der Waals surface area contributed by atoms with Gasteiger partial charge in [-0.05, 0) is 18.4 Å². The molecule has 0 atom stereocenters. The van der Waals surface area contributed by atoms with Crippen molar-refractivity contribution in [2.24, 2.45) is 0 Å². The third-order valence-electron chi connectivity index (χ3n) is 3.43. The predicted octanol–water partition coefficient (Wildman–Crippen LogP) is 4.55. The van der Waals surface area contributed by atoms with Gasteiger partial charge in [-0.25, -0.2) is 0 Å². The molecule has 0 nitrogen and oxygen atoms in total. The number of rotatable bonds is 8. The third-order valence-corrected chi connectivity index (χ3v) is 5.94. The molecule has 0 aliphatic carbocycles. The van der Waals surface area contributed by atoms with Crippen LogP contribution in [0.15, 0.2) is 24.3 Å². The normalized spacial score (nSPS) is 11.1. The summed E-state index contributed by atoms with van der Waals surface area (Å²) in [5.41, 5.74) is 1.63. The molecule has 1 rings (SSSR count). The molecule has 0 heterocycles. The van der Waals surface area contributed by atoms with Crippen LogP contribution in [-0.2, 0) is 6.42 Å². The first kappa shape index (κ1) is 14.5. The average Bonchev–Trinajstić information content (AvgIpc) is 2.37. The summed E-state index contributed by atoms with van der Waals surface area (Å²) in [7, 11) is -0.299. The summed E-state index contributed by atoms with van der Waals surface area (Å²) in [6.07, 6.45) is 8.08.